The Morgan fingerprint density at radius 1 is 1.19 bits per heavy atom. The SMILES string of the molecule is O=C(N1CCc2oc3ccc(F)cc3c2CC1)C(F)(F)F. The maximum Gasteiger partial charge on any atom is 0.471 e. The number of hydrogen-bond acceptors (Lipinski definition) is 2. The molecule has 2 heterocycles. The summed E-state index contributed by atoms with van der Waals surface area (Å²) in [6, 6.07) is 4.07. The predicted molar refractivity (Wildman–Crippen MR) is 66.2 cm³/mol. The van der Waals surface area contributed by atoms with Crippen LogP contribution >= 0.6 is 0 Å². The first kappa shape index (κ1) is 13.9. The van der Waals surface area contributed by atoms with Crippen molar-refractivity contribution >= 4 is 16.9 Å². The van der Waals surface area contributed by atoms with E-state index in [4.69, 9.17) is 4.42 Å². The average molecular weight is 301 g/mol. The third kappa shape index (κ3) is 2.48. The number of carbonyl (C=O) groups is 1. The van der Waals surface area contributed by atoms with Gasteiger partial charge in [0.2, 0.25) is 0 Å². The van der Waals surface area contributed by atoms with E-state index in [2.05, 4.69) is 0 Å². The number of alkyl halides is 3. The van der Waals surface area contributed by atoms with Gasteiger partial charge in [0.25, 0.3) is 0 Å². The molecular formula is C14H11F4NO2. The molecule has 0 atom stereocenters. The van der Waals surface area contributed by atoms with Crippen molar-refractivity contribution in [2.45, 2.75) is 19.0 Å². The highest BCUT2D eigenvalue weighted by Gasteiger charge is 2.42. The Morgan fingerprint density at radius 3 is 2.62 bits per heavy atom. The Balaban J connectivity index is 1.90. The van der Waals surface area contributed by atoms with E-state index in [9.17, 15) is 22.4 Å². The quantitative estimate of drug-likeness (QED) is 0.701. The highest BCUT2D eigenvalue weighted by atomic mass is 19.4. The van der Waals surface area contributed by atoms with Crippen molar-refractivity contribution < 1.29 is 26.8 Å². The van der Waals surface area contributed by atoms with Crippen LogP contribution in [-0.4, -0.2) is 30.1 Å². The molecule has 21 heavy (non-hydrogen) atoms. The summed E-state index contributed by atoms with van der Waals surface area (Å²) in [6.07, 6.45) is -4.47. The topological polar surface area (TPSA) is 33.5 Å². The molecule has 0 saturated heterocycles. The van der Waals surface area contributed by atoms with Gasteiger partial charge in [-0.05, 0) is 24.6 Å². The molecule has 1 aliphatic heterocycles. The van der Waals surface area contributed by atoms with Crippen molar-refractivity contribution in [2.24, 2.45) is 0 Å². The van der Waals surface area contributed by atoms with E-state index in [0.717, 1.165) is 4.90 Å². The average Bonchev–Trinajstić information content (AvgIpc) is 2.62. The third-order valence-electron chi connectivity index (χ3n) is 3.61. The highest BCUT2D eigenvalue weighted by molar-refractivity contribution is 5.84. The van der Waals surface area contributed by atoms with E-state index in [1.54, 1.807) is 0 Å². The number of benzene rings is 1. The molecule has 2 aromatic rings. The molecule has 1 aliphatic rings. The third-order valence-corrected chi connectivity index (χ3v) is 3.61. The van der Waals surface area contributed by atoms with E-state index < -0.39 is 17.9 Å². The fourth-order valence-corrected chi connectivity index (χ4v) is 2.63. The first-order valence-corrected chi connectivity index (χ1v) is 6.42. The number of nitrogens with zero attached hydrogens (tertiary/aromatic N) is 1. The van der Waals surface area contributed by atoms with Gasteiger partial charge in [0.1, 0.15) is 17.2 Å². The smallest absolute Gasteiger partial charge is 0.461 e. The van der Waals surface area contributed by atoms with Gasteiger partial charge in [-0.1, -0.05) is 0 Å². The molecule has 112 valence electrons. The second-order valence-electron chi connectivity index (χ2n) is 4.93. The minimum atomic E-state index is -4.88. The maximum absolute atomic E-state index is 13.3. The number of carbonyl (C=O) groups excluding carboxylic acids is 1. The summed E-state index contributed by atoms with van der Waals surface area (Å²) in [6.45, 7) is -0.121. The van der Waals surface area contributed by atoms with Crippen LogP contribution < -0.4 is 0 Å². The fourth-order valence-electron chi connectivity index (χ4n) is 2.63. The van der Waals surface area contributed by atoms with Gasteiger partial charge in [-0.3, -0.25) is 4.79 Å². The van der Waals surface area contributed by atoms with Gasteiger partial charge in [-0.2, -0.15) is 13.2 Å². The van der Waals surface area contributed by atoms with Gasteiger partial charge in [0.15, 0.2) is 0 Å². The Kier molecular flexibility index (Phi) is 3.15. The van der Waals surface area contributed by atoms with Gasteiger partial charge in [-0.15, -0.1) is 0 Å². The molecular weight excluding hydrogens is 290 g/mol. The van der Waals surface area contributed by atoms with Crippen LogP contribution in [-0.2, 0) is 17.6 Å². The van der Waals surface area contributed by atoms with Crippen molar-refractivity contribution in [1.29, 1.82) is 0 Å². The Hall–Kier alpha value is -2.05. The van der Waals surface area contributed by atoms with E-state index in [1.165, 1.54) is 18.2 Å². The molecule has 3 rings (SSSR count). The molecule has 0 unspecified atom stereocenters. The molecule has 7 heteroatoms. The molecule has 0 spiro atoms. The fraction of sp³-hybridized carbons (Fsp3) is 0.357. The summed E-state index contributed by atoms with van der Waals surface area (Å²) in [4.78, 5) is 12.0. The zero-order valence-electron chi connectivity index (χ0n) is 10.8. The Morgan fingerprint density at radius 2 is 1.90 bits per heavy atom. The Bertz CT molecular complexity index is 705. The van der Waals surface area contributed by atoms with Crippen molar-refractivity contribution in [2.75, 3.05) is 13.1 Å². The van der Waals surface area contributed by atoms with Gasteiger partial charge in [0.05, 0.1) is 0 Å². The molecule has 0 fully saturated rings. The van der Waals surface area contributed by atoms with Crippen molar-refractivity contribution in [3.05, 3.63) is 35.3 Å². The van der Waals surface area contributed by atoms with Crippen molar-refractivity contribution in [1.82, 2.24) is 4.90 Å². The van der Waals surface area contributed by atoms with Crippen LogP contribution in [0.4, 0.5) is 17.6 Å². The highest BCUT2D eigenvalue weighted by Crippen LogP contribution is 2.30. The Labute approximate surface area is 117 Å². The van der Waals surface area contributed by atoms with Crippen LogP contribution in [0.5, 0.6) is 0 Å². The van der Waals surface area contributed by atoms with Crippen molar-refractivity contribution in [3.8, 4) is 0 Å². The van der Waals surface area contributed by atoms with Crippen LogP contribution in [0.25, 0.3) is 11.0 Å². The summed E-state index contributed by atoms with van der Waals surface area (Å²) in [5.41, 5.74) is 1.19. The standard InChI is InChI=1S/C14H11F4NO2/c15-8-1-2-11-10(7-8)9-3-5-19(6-4-12(9)21-11)13(20)14(16,17)18/h1-2,7H,3-6H2. The van der Waals surface area contributed by atoms with Crippen molar-refractivity contribution in [3.63, 3.8) is 0 Å². The largest absolute Gasteiger partial charge is 0.471 e. The summed E-state index contributed by atoms with van der Waals surface area (Å²) >= 11 is 0. The predicted octanol–water partition coefficient (Wildman–Crippen LogP) is 3.06. The maximum atomic E-state index is 13.3. The molecule has 0 aliphatic carbocycles. The molecule has 0 bridgehead atoms. The molecule has 1 aromatic carbocycles. The van der Waals surface area contributed by atoms with Crippen LogP contribution in [0, 0.1) is 5.82 Å². The lowest BCUT2D eigenvalue weighted by molar-refractivity contribution is -0.185. The zero-order valence-corrected chi connectivity index (χ0v) is 10.8. The van der Waals surface area contributed by atoms with Crippen LogP contribution in [0.3, 0.4) is 0 Å². The normalized spacial score (nSPS) is 15.9. The lowest BCUT2D eigenvalue weighted by atomic mass is 10.1. The number of fused-ring (bicyclic) bond motifs is 3. The van der Waals surface area contributed by atoms with E-state index in [-0.39, 0.29) is 25.9 Å². The number of amides is 1. The molecule has 1 aromatic heterocycles. The minimum absolute atomic E-state index is 0.0590. The van der Waals surface area contributed by atoms with Crippen LogP contribution in [0.15, 0.2) is 22.6 Å². The second-order valence-corrected chi connectivity index (χ2v) is 4.93. The van der Waals surface area contributed by atoms with Gasteiger partial charge >= 0.3 is 12.1 Å². The second kappa shape index (κ2) is 4.75. The van der Waals surface area contributed by atoms with E-state index in [0.29, 0.717) is 22.3 Å². The van der Waals surface area contributed by atoms with Crippen LogP contribution in [0.1, 0.15) is 11.3 Å². The summed E-state index contributed by atoms with van der Waals surface area (Å²) < 4.78 is 56.2. The zero-order chi connectivity index (χ0) is 15.2. The minimum Gasteiger partial charge on any atom is -0.461 e. The number of hydrogen-bond donors (Lipinski definition) is 0. The molecule has 3 nitrogen and oxygen atoms in total. The van der Waals surface area contributed by atoms with E-state index >= 15 is 0 Å². The first-order chi connectivity index (χ1) is 9.86. The van der Waals surface area contributed by atoms with Gasteiger partial charge < -0.3 is 9.32 Å². The van der Waals surface area contributed by atoms with Gasteiger partial charge in [0, 0.05) is 30.5 Å². The molecule has 0 saturated carbocycles. The lowest BCUT2D eigenvalue weighted by Gasteiger charge is -2.21. The summed E-state index contributed by atoms with van der Waals surface area (Å²) in [5.74, 6) is -1.75. The van der Waals surface area contributed by atoms with Gasteiger partial charge in [-0.25, -0.2) is 4.39 Å². The summed E-state index contributed by atoms with van der Waals surface area (Å²) in [5, 5.41) is 0.561. The lowest BCUT2D eigenvalue weighted by Crippen LogP contribution is -2.42. The summed E-state index contributed by atoms with van der Waals surface area (Å²) in [7, 11) is 0. The van der Waals surface area contributed by atoms with E-state index in [1.807, 2.05) is 0 Å². The number of halogens is 4. The number of rotatable bonds is 0. The molecule has 0 radical (unpaired) electrons. The number of furan rings is 1. The monoisotopic (exact) mass is 301 g/mol. The molecule has 0 N–H and O–H groups in total. The first-order valence-electron chi connectivity index (χ1n) is 6.42. The van der Waals surface area contributed by atoms with Crippen LogP contribution in [0.2, 0.25) is 0 Å². The molecule has 1 amide bonds.